The molecule has 0 bridgehead atoms. The normalized spacial score (nSPS) is 14.5. The number of rotatable bonds is 6. The third kappa shape index (κ3) is 9.80. The summed E-state index contributed by atoms with van der Waals surface area (Å²) in [4.78, 5) is 0. The molecule has 0 spiro atoms. The number of nitrogens with two attached hydrogens (primary N) is 1. The Morgan fingerprint density at radius 1 is 1.31 bits per heavy atom. The topological polar surface area (TPSA) is 58.3 Å². The Bertz CT molecular complexity index is 121. The molecule has 0 aliphatic carbocycles. The van der Waals surface area contributed by atoms with E-state index in [1.807, 2.05) is 0 Å². The average Bonchev–Trinajstić information content (AvgIpc) is 2.01. The van der Waals surface area contributed by atoms with Crippen LogP contribution in [-0.4, -0.2) is 29.8 Å². The molecule has 3 heteroatoms. The molecule has 0 aromatic heterocycles. The summed E-state index contributed by atoms with van der Waals surface area (Å²) in [5, 5.41) is 12.1. The lowest BCUT2D eigenvalue weighted by Gasteiger charge is -2.20. The summed E-state index contributed by atoms with van der Waals surface area (Å²) in [5.41, 5.74) is 5.78. The molecule has 4 N–H and O–H groups in total. The van der Waals surface area contributed by atoms with Crippen molar-refractivity contribution in [1.82, 2.24) is 5.32 Å². The third-order valence-corrected chi connectivity index (χ3v) is 1.89. The zero-order valence-electron chi connectivity index (χ0n) is 9.14. The van der Waals surface area contributed by atoms with Gasteiger partial charge in [-0.1, -0.05) is 6.42 Å². The molecule has 1 atom stereocenters. The highest BCUT2D eigenvalue weighted by molar-refractivity contribution is 4.70. The molecular formula is C10H24N2O. The molecule has 0 saturated carbocycles. The summed E-state index contributed by atoms with van der Waals surface area (Å²) in [6.07, 6.45) is 3.14. The fourth-order valence-electron chi connectivity index (χ4n) is 1.09. The molecule has 3 nitrogen and oxygen atoms in total. The molecule has 0 saturated heterocycles. The maximum absolute atomic E-state index is 8.68. The highest BCUT2D eigenvalue weighted by Gasteiger charge is 2.07. The van der Waals surface area contributed by atoms with E-state index >= 15 is 0 Å². The van der Waals surface area contributed by atoms with Crippen LogP contribution in [0.15, 0.2) is 0 Å². The first-order valence-electron chi connectivity index (χ1n) is 5.07. The van der Waals surface area contributed by atoms with Crippen molar-refractivity contribution >= 4 is 0 Å². The van der Waals surface area contributed by atoms with E-state index < -0.39 is 0 Å². The number of nitrogens with one attached hydrogen (secondary N) is 1. The molecule has 0 aliphatic heterocycles. The number of aliphatic hydroxyl groups is 1. The second-order valence-electron chi connectivity index (χ2n) is 4.62. The summed E-state index contributed by atoms with van der Waals surface area (Å²) in [6, 6.07) is -0.0327. The van der Waals surface area contributed by atoms with Crippen LogP contribution in [-0.2, 0) is 0 Å². The molecular weight excluding hydrogens is 164 g/mol. The van der Waals surface area contributed by atoms with E-state index in [2.05, 4.69) is 26.1 Å². The third-order valence-electron chi connectivity index (χ3n) is 1.89. The standard InChI is InChI=1S/C10H24N2O/c1-10(2,3)12-7-5-4-6-9(11)8-13/h9,12-13H,4-8,11H2,1-3H3. The van der Waals surface area contributed by atoms with Gasteiger partial charge in [0.15, 0.2) is 0 Å². The number of hydrogen-bond acceptors (Lipinski definition) is 3. The van der Waals surface area contributed by atoms with E-state index in [0.717, 1.165) is 25.8 Å². The number of hydrogen-bond donors (Lipinski definition) is 3. The summed E-state index contributed by atoms with van der Waals surface area (Å²) < 4.78 is 0. The van der Waals surface area contributed by atoms with Crippen LogP contribution >= 0.6 is 0 Å². The Kier molecular flexibility index (Phi) is 6.29. The van der Waals surface area contributed by atoms with Gasteiger partial charge in [-0.05, 0) is 40.2 Å². The molecule has 0 aliphatic rings. The fourth-order valence-corrected chi connectivity index (χ4v) is 1.09. The first-order valence-corrected chi connectivity index (χ1v) is 5.07. The van der Waals surface area contributed by atoms with E-state index in [4.69, 9.17) is 10.8 Å². The lowest BCUT2D eigenvalue weighted by atomic mass is 10.1. The maximum atomic E-state index is 8.68. The van der Waals surface area contributed by atoms with Crippen molar-refractivity contribution in [1.29, 1.82) is 0 Å². The molecule has 80 valence electrons. The van der Waals surface area contributed by atoms with Gasteiger partial charge in [0.25, 0.3) is 0 Å². The monoisotopic (exact) mass is 188 g/mol. The lowest BCUT2D eigenvalue weighted by molar-refractivity contribution is 0.257. The smallest absolute Gasteiger partial charge is 0.0582 e. The predicted octanol–water partition coefficient (Wildman–Crippen LogP) is 0.864. The van der Waals surface area contributed by atoms with Crippen LogP contribution in [0.25, 0.3) is 0 Å². The molecule has 0 amide bonds. The number of aliphatic hydroxyl groups excluding tert-OH is 1. The zero-order valence-corrected chi connectivity index (χ0v) is 9.14. The predicted molar refractivity (Wildman–Crippen MR) is 56.7 cm³/mol. The average molecular weight is 188 g/mol. The molecule has 0 fully saturated rings. The van der Waals surface area contributed by atoms with Gasteiger partial charge in [-0.3, -0.25) is 0 Å². The SMILES string of the molecule is CC(C)(C)NCCCCC(N)CO. The molecule has 0 aromatic carbocycles. The van der Waals surface area contributed by atoms with Crippen LogP contribution in [0.3, 0.4) is 0 Å². The summed E-state index contributed by atoms with van der Waals surface area (Å²) in [5.74, 6) is 0. The Morgan fingerprint density at radius 3 is 2.38 bits per heavy atom. The summed E-state index contributed by atoms with van der Waals surface area (Å²) in [6.45, 7) is 7.61. The Hall–Kier alpha value is -0.120. The van der Waals surface area contributed by atoms with Crippen LogP contribution in [0.4, 0.5) is 0 Å². The maximum Gasteiger partial charge on any atom is 0.0582 e. The first kappa shape index (κ1) is 12.9. The van der Waals surface area contributed by atoms with Crippen molar-refractivity contribution in [3.05, 3.63) is 0 Å². The van der Waals surface area contributed by atoms with E-state index in [0.29, 0.717) is 0 Å². The molecule has 13 heavy (non-hydrogen) atoms. The van der Waals surface area contributed by atoms with Gasteiger partial charge in [-0.15, -0.1) is 0 Å². The van der Waals surface area contributed by atoms with Gasteiger partial charge in [0.2, 0.25) is 0 Å². The minimum atomic E-state index is -0.0327. The van der Waals surface area contributed by atoms with Crippen molar-refractivity contribution in [3.63, 3.8) is 0 Å². The molecule has 0 rings (SSSR count). The molecule has 0 heterocycles. The van der Waals surface area contributed by atoms with Gasteiger partial charge >= 0.3 is 0 Å². The Morgan fingerprint density at radius 2 is 1.92 bits per heavy atom. The number of unbranched alkanes of at least 4 members (excludes halogenated alkanes) is 1. The summed E-state index contributed by atoms with van der Waals surface area (Å²) in [7, 11) is 0. The van der Waals surface area contributed by atoms with E-state index in [1.165, 1.54) is 0 Å². The van der Waals surface area contributed by atoms with Gasteiger partial charge in [0.05, 0.1) is 6.61 Å². The van der Waals surface area contributed by atoms with E-state index in [1.54, 1.807) is 0 Å². The summed E-state index contributed by atoms with van der Waals surface area (Å²) >= 11 is 0. The van der Waals surface area contributed by atoms with Crippen molar-refractivity contribution in [2.45, 2.75) is 51.6 Å². The van der Waals surface area contributed by atoms with Crippen LogP contribution in [0.5, 0.6) is 0 Å². The second-order valence-corrected chi connectivity index (χ2v) is 4.62. The van der Waals surface area contributed by atoms with Gasteiger partial charge in [0.1, 0.15) is 0 Å². The molecule has 0 radical (unpaired) electrons. The van der Waals surface area contributed by atoms with Crippen molar-refractivity contribution in [3.8, 4) is 0 Å². The Balaban J connectivity index is 3.18. The second kappa shape index (κ2) is 6.35. The van der Waals surface area contributed by atoms with Gasteiger partial charge in [-0.25, -0.2) is 0 Å². The molecule has 0 aromatic rings. The quantitative estimate of drug-likeness (QED) is 0.542. The minimum absolute atomic E-state index is 0.0327. The molecule has 1 unspecified atom stereocenters. The Labute approximate surface area is 81.7 Å². The largest absolute Gasteiger partial charge is 0.395 e. The highest BCUT2D eigenvalue weighted by Crippen LogP contribution is 2.01. The van der Waals surface area contributed by atoms with Crippen LogP contribution in [0.2, 0.25) is 0 Å². The zero-order chi connectivity index (χ0) is 10.3. The highest BCUT2D eigenvalue weighted by atomic mass is 16.3. The van der Waals surface area contributed by atoms with E-state index in [9.17, 15) is 0 Å². The van der Waals surface area contributed by atoms with Gasteiger partial charge < -0.3 is 16.2 Å². The van der Waals surface area contributed by atoms with Crippen LogP contribution in [0, 0.1) is 0 Å². The van der Waals surface area contributed by atoms with Gasteiger partial charge in [0, 0.05) is 11.6 Å². The van der Waals surface area contributed by atoms with Crippen molar-refractivity contribution in [2.75, 3.05) is 13.2 Å². The van der Waals surface area contributed by atoms with E-state index in [-0.39, 0.29) is 18.2 Å². The van der Waals surface area contributed by atoms with Crippen molar-refractivity contribution < 1.29 is 5.11 Å². The van der Waals surface area contributed by atoms with Crippen LogP contribution in [0.1, 0.15) is 40.0 Å². The van der Waals surface area contributed by atoms with Gasteiger partial charge in [-0.2, -0.15) is 0 Å². The lowest BCUT2D eigenvalue weighted by Crippen LogP contribution is -2.36. The van der Waals surface area contributed by atoms with Crippen LogP contribution < -0.4 is 11.1 Å². The van der Waals surface area contributed by atoms with Crippen molar-refractivity contribution in [2.24, 2.45) is 5.73 Å². The first-order chi connectivity index (χ1) is 5.95. The minimum Gasteiger partial charge on any atom is -0.395 e. The fraction of sp³-hybridized carbons (Fsp3) is 1.00.